The highest BCUT2D eigenvalue weighted by Crippen LogP contribution is 2.64. The fourth-order valence-electron chi connectivity index (χ4n) is 12.0. The quantitative estimate of drug-likeness (QED) is 0.157. The molecule has 330 valence electrons. The van der Waals surface area contributed by atoms with E-state index in [9.17, 15) is 0 Å². The molecule has 70 heavy (non-hydrogen) atoms. The van der Waals surface area contributed by atoms with Gasteiger partial charge in [0.05, 0.1) is 16.8 Å². The molecule has 11 aromatic rings. The molecule has 3 heteroatoms. The first-order chi connectivity index (χ1) is 34.7. The predicted octanol–water partition coefficient (Wildman–Crippen LogP) is 18.4. The van der Waals surface area contributed by atoms with E-state index in [-0.39, 0.29) is 0 Å². The Kier molecular flexibility index (Phi) is 9.47. The molecule has 0 fully saturated rings. The Morgan fingerprint density at radius 3 is 1.81 bits per heavy atom. The maximum absolute atomic E-state index is 2.54. The molecule has 0 bridgehead atoms. The van der Waals surface area contributed by atoms with Crippen molar-refractivity contribution in [1.29, 1.82) is 0 Å². The topological polar surface area (TPSA) is 6.48 Å². The van der Waals surface area contributed by atoms with Crippen molar-refractivity contribution in [1.82, 2.24) is 0 Å². The largest absolute Gasteiger partial charge is 0.310 e. The number of thiophene rings is 1. The molecule has 2 aliphatic carbocycles. The summed E-state index contributed by atoms with van der Waals surface area (Å²) < 4.78 is 2.65. The monoisotopic (exact) mass is 910 g/mol. The lowest BCUT2D eigenvalue weighted by atomic mass is 9.64. The Hall–Kier alpha value is -8.50. The summed E-state index contributed by atoms with van der Waals surface area (Å²) in [5.74, 6) is 0. The lowest BCUT2D eigenvalue weighted by molar-refractivity contribution is 0.752. The Bertz CT molecular complexity index is 3850. The molecular formula is C67H46N2S. The predicted molar refractivity (Wildman–Crippen MR) is 296 cm³/mol. The van der Waals surface area contributed by atoms with Crippen LogP contribution in [-0.2, 0) is 5.41 Å². The number of rotatable bonds is 7. The van der Waals surface area contributed by atoms with Crippen molar-refractivity contribution >= 4 is 65.5 Å². The van der Waals surface area contributed by atoms with Gasteiger partial charge in [-0.2, -0.15) is 0 Å². The molecule has 1 aliphatic heterocycles. The van der Waals surface area contributed by atoms with Gasteiger partial charge >= 0.3 is 0 Å². The standard InChI is InChI=1S/C67H46N2S/c1-3-19-45(20-4-1)47-21-17-22-48(43-47)52-25-8-13-33-62(52)68(50-39-37-46(38-40-50)53-28-18-29-57-56-27-9-16-36-65(56)70-66(53)57)51-41-42-55-54-26-7-10-30-58(54)67(61(55)44-51)59-31-11-14-34-63(59)69(49-23-5-2-6-24-49)64-35-15-12-32-60(64)67/h1-7,9-24,26-44H,8,25H2. The first kappa shape index (κ1) is 40.6. The molecule has 10 aromatic carbocycles. The van der Waals surface area contributed by atoms with Crippen molar-refractivity contribution in [2.75, 3.05) is 9.80 Å². The average molecular weight is 911 g/mol. The number of allylic oxidation sites excluding steroid dienone is 3. The third-order valence-electron chi connectivity index (χ3n) is 14.9. The number of nitrogens with zero attached hydrogens (tertiary/aromatic N) is 2. The molecule has 0 radical (unpaired) electrons. The van der Waals surface area contributed by atoms with Gasteiger partial charge in [-0.3, -0.25) is 0 Å². The number of hydrogen-bond acceptors (Lipinski definition) is 3. The summed E-state index contributed by atoms with van der Waals surface area (Å²) in [6, 6.07) is 90.3. The summed E-state index contributed by atoms with van der Waals surface area (Å²) in [6.07, 6.45) is 6.65. The van der Waals surface area contributed by atoms with Gasteiger partial charge < -0.3 is 9.80 Å². The summed E-state index contributed by atoms with van der Waals surface area (Å²) in [7, 11) is 0. The van der Waals surface area contributed by atoms with E-state index in [1.807, 2.05) is 11.3 Å². The normalized spacial score (nSPS) is 14.1. The van der Waals surface area contributed by atoms with Crippen LogP contribution < -0.4 is 9.80 Å². The first-order valence-electron chi connectivity index (χ1n) is 24.4. The molecule has 0 N–H and O–H groups in total. The Balaban J connectivity index is 1.00. The lowest BCUT2D eigenvalue weighted by Crippen LogP contribution is -2.36. The summed E-state index contributed by atoms with van der Waals surface area (Å²) in [5.41, 5.74) is 21.6. The van der Waals surface area contributed by atoms with Gasteiger partial charge in [-0.1, -0.05) is 188 Å². The van der Waals surface area contributed by atoms with Crippen LogP contribution in [0.15, 0.2) is 261 Å². The van der Waals surface area contributed by atoms with Crippen LogP contribution in [0.3, 0.4) is 0 Å². The fourth-order valence-corrected chi connectivity index (χ4v) is 13.2. The van der Waals surface area contributed by atoms with Crippen LogP contribution in [0.1, 0.15) is 40.7 Å². The van der Waals surface area contributed by atoms with E-state index in [1.54, 1.807) is 0 Å². The second-order valence-electron chi connectivity index (χ2n) is 18.6. The van der Waals surface area contributed by atoms with Crippen LogP contribution in [0.5, 0.6) is 0 Å². The third-order valence-corrected chi connectivity index (χ3v) is 16.2. The number of para-hydroxylation sites is 3. The van der Waals surface area contributed by atoms with Gasteiger partial charge in [0, 0.05) is 42.9 Å². The second kappa shape index (κ2) is 16.3. The maximum Gasteiger partial charge on any atom is 0.0755 e. The van der Waals surface area contributed by atoms with Crippen molar-refractivity contribution < 1.29 is 0 Å². The lowest BCUT2D eigenvalue weighted by Gasteiger charge is -2.45. The summed E-state index contributed by atoms with van der Waals surface area (Å²) >= 11 is 1.89. The number of benzene rings is 10. The minimum absolute atomic E-state index is 0.581. The highest BCUT2D eigenvalue weighted by atomic mass is 32.1. The maximum atomic E-state index is 2.54. The zero-order chi connectivity index (χ0) is 46.2. The average Bonchev–Trinajstić information content (AvgIpc) is 3.96. The van der Waals surface area contributed by atoms with Gasteiger partial charge in [-0.05, 0) is 146 Å². The molecule has 0 unspecified atom stereocenters. The van der Waals surface area contributed by atoms with Crippen LogP contribution >= 0.6 is 11.3 Å². The highest BCUT2D eigenvalue weighted by Gasteiger charge is 2.52. The number of anilines is 5. The Morgan fingerprint density at radius 1 is 0.414 bits per heavy atom. The van der Waals surface area contributed by atoms with E-state index in [4.69, 9.17) is 0 Å². The molecule has 3 aliphatic rings. The summed E-state index contributed by atoms with van der Waals surface area (Å²) in [6.45, 7) is 0. The fraction of sp³-hybridized carbons (Fsp3) is 0.0448. The van der Waals surface area contributed by atoms with Gasteiger partial charge in [-0.15, -0.1) is 11.3 Å². The van der Waals surface area contributed by atoms with Crippen LogP contribution in [0.4, 0.5) is 28.4 Å². The van der Waals surface area contributed by atoms with E-state index in [2.05, 4.69) is 265 Å². The third kappa shape index (κ3) is 6.18. The molecule has 1 spiro atoms. The molecule has 0 saturated heterocycles. The second-order valence-corrected chi connectivity index (χ2v) is 19.7. The van der Waals surface area contributed by atoms with Gasteiger partial charge in [0.1, 0.15) is 0 Å². The Labute approximate surface area is 413 Å². The zero-order valence-electron chi connectivity index (χ0n) is 38.5. The minimum atomic E-state index is -0.581. The van der Waals surface area contributed by atoms with Gasteiger partial charge in [0.25, 0.3) is 0 Å². The highest BCUT2D eigenvalue weighted by molar-refractivity contribution is 7.26. The molecule has 14 rings (SSSR count). The Morgan fingerprint density at radius 2 is 1.01 bits per heavy atom. The van der Waals surface area contributed by atoms with E-state index < -0.39 is 5.41 Å². The van der Waals surface area contributed by atoms with Crippen LogP contribution in [0, 0.1) is 0 Å². The van der Waals surface area contributed by atoms with Crippen LogP contribution in [0.2, 0.25) is 0 Å². The van der Waals surface area contributed by atoms with E-state index in [0.29, 0.717) is 0 Å². The van der Waals surface area contributed by atoms with Crippen molar-refractivity contribution in [2.24, 2.45) is 0 Å². The van der Waals surface area contributed by atoms with E-state index in [1.165, 1.54) is 104 Å². The smallest absolute Gasteiger partial charge is 0.0755 e. The molecule has 1 aromatic heterocycles. The molecule has 0 atom stereocenters. The molecule has 0 saturated carbocycles. The number of fused-ring (bicyclic) bond motifs is 12. The SMILES string of the molecule is C1=CC(N(c2ccc(-c3cccc4c3sc3ccccc34)cc2)c2ccc3c(c2)C2(c4ccccc4-3)c3ccccc3N(c3ccccc3)c3ccccc32)=C(c2cccc(-c3ccccc3)c2)CC1. The van der Waals surface area contributed by atoms with E-state index >= 15 is 0 Å². The number of hydrogen-bond donors (Lipinski definition) is 0. The minimum Gasteiger partial charge on any atom is -0.310 e. The molecule has 2 heterocycles. The first-order valence-corrected chi connectivity index (χ1v) is 25.2. The van der Waals surface area contributed by atoms with Crippen molar-refractivity contribution in [3.8, 4) is 33.4 Å². The summed E-state index contributed by atoms with van der Waals surface area (Å²) in [5, 5.41) is 2.63. The van der Waals surface area contributed by atoms with Crippen molar-refractivity contribution in [3.63, 3.8) is 0 Å². The summed E-state index contributed by atoms with van der Waals surface area (Å²) in [4.78, 5) is 5.00. The van der Waals surface area contributed by atoms with Gasteiger partial charge in [0.2, 0.25) is 0 Å². The van der Waals surface area contributed by atoms with E-state index in [0.717, 1.165) is 29.9 Å². The van der Waals surface area contributed by atoms with Crippen molar-refractivity contribution in [2.45, 2.75) is 18.3 Å². The van der Waals surface area contributed by atoms with Gasteiger partial charge in [-0.25, -0.2) is 0 Å². The molecular weight excluding hydrogens is 865 g/mol. The van der Waals surface area contributed by atoms with Crippen LogP contribution in [-0.4, -0.2) is 0 Å². The van der Waals surface area contributed by atoms with Crippen molar-refractivity contribution in [3.05, 3.63) is 288 Å². The molecule has 0 amide bonds. The zero-order valence-corrected chi connectivity index (χ0v) is 39.3. The molecule has 2 nitrogen and oxygen atoms in total. The van der Waals surface area contributed by atoms with Gasteiger partial charge in [0.15, 0.2) is 0 Å². The van der Waals surface area contributed by atoms with Crippen LogP contribution in [0.25, 0.3) is 59.1 Å².